The molecule has 0 unspecified atom stereocenters. The fourth-order valence-electron chi connectivity index (χ4n) is 6.87. The average Bonchev–Trinajstić information content (AvgIpc) is 3.54. The maximum Gasteiger partial charge on any atom is 0.340 e. The summed E-state index contributed by atoms with van der Waals surface area (Å²) in [5.41, 5.74) is 9.04. The van der Waals surface area contributed by atoms with Crippen LogP contribution in [-0.4, -0.2) is 92.0 Å². The van der Waals surface area contributed by atoms with Crippen molar-refractivity contribution in [2.75, 3.05) is 30.3 Å². The average molecular weight is 788 g/mol. The lowest BCUT2D eigenvalue weighted by molar-refractivity contribution is -0.198. The summed E-state index contributed by atoms with van der Waals surface area (Å²) in [5.74, 6) is -1.30. The number of ether oxygens (including phenoxy) is 3. The Morgan fingerprint density at radius 2 is 1.88 bits per heavy atom. The number of cyclic esters (lactones) is 1. The minimum Gasteiger partial charge on any atom is -0.462 e. The van der Waals surface area contributed by atoms with Gasteiger partial charge in [-0.25, -0.2) is 9.78 Å². The van der Waals surface area contributed by atoms with Crippen LogP contribution in [0.4, 0.5) is 11.4 Å². The second-order valence-corrected chi connectivity index (χ2v) is 14.1. The van der Waals surface area contributed by atoms with Crippen molar-refractivity contribution in [3.8, 4) is 17.1 Å². The van der Waals surface area contributed by atoms with E-state index in [-0.39, 0.29) is 54.5 Å². The molecule has 2 aromatic heterocycles. The minimum absolute atomic E-state index is 0.0650. The number of anilines is 2. The number of hydrogen-bond donors (Lipinski definition) is 8. The van der Waals surface area contributed by atoms with Crippen LogP contribution in [0.2, 0.25) is 0 Å². The normalized spacial score (nSPS) is 20.2. The van der Waals surface area contributed by atoms with Crippen LogP contribution in [0.3, 0.4) is 0 Å². The molecule has 9 N–H and O–H groups in total. The third-order valence-electron chi connectivity index (χ3n) is 9.73. The molecule has 5 heterocycles. The van der Waals surface area contributed by atoms with Gasteiger partial charge in [0.25, 0.3) is 5.56 Å². The number of nitrogens with zero attached hydrogens (tertiary/aromatic N) is 2. The van der Waals surface area contributed by atoms with Crippen LogP contribution in [-0.2, 0) is 37.0 Å². The van der Waals surface area contributed by atoms with Crippen LogP contribution in [0.1, 0.15) is 48.5 Å². The highest BCUT2D eigenvalue weighted by atomic mass is 32.1. The number of esters is 1. The van der Waals surface area contributed by atoms with Crippen molar-refractivity contribution in [1.29, 1.82) is 0 Å². The van der Waals surface area contributed by atoms with E-state index in [2.05, 4.69) is 21.3 Å². The maximum atomic E-state index is 13.4. The molecule has 4 aromatic rings. The van der Waals surface area contributed by atoms with Crippen LogP contribution >= 0.6 is 12.2 Å². The number of aliphatic hydroxyl groups excluding tert-OH is 3. The lowest BCUT2D eigenvalue weighted by Crippen LogP contribution is -2.49. The van der Waals surface area contributed by atoms with E-state index in [9.17, 15) is 34.5 Å². The Morgan fingerprint density at radius 3 is 2.64 bits per heavy atom. The summed E-state index contributed by atoms with van der Waals surface area (Å²) in [6.45, 7) is 0.156. The number of thiocarbonyl (C=S) groups is 1. The molecule has 294 valence electrons. The number of nitrogens with two attached hydrogens (primary N) is 1. The summed E-state index contributed by atoms with van der Waals surface area (Å²) in [7, 11) is 0. The molecule has 0 saturated carbocycles. The Hall–Kier alpha value is -5.50. The Bertz CT molecular complexity index is 2230. The van der Waals surface area contributed by atoms with Crippen molar-refractivity contribution in [2.24, 2.45) is 5.73 Å². The van der Waals surface area contributed by atoms with E-state index < -0.39 is 48.4 Å². The van der Waals surface area contributed by atoms with E-state index in [4.69, 9.17) is 37.1 Å². The number of benzene rings is 2. The number of pyridine rings is 2. The van der Waals surface area contributed by atoms with Crippen molar-refractivity contribution in [3.05, 3.63) is 81.6 Å². The number of carbonyl (C=O) groups excluding carboxylic acids is 3. The first kappa shape index (κ1) is 38.8. The second kappa shape index (κ2) is 16.7. The molecular formula is C38H41N7O10S. The number of hydrogen-bond acceptors (Lipinski definition) is 13. The molecule has 2 aromatic carbocycles. The van der Waals surface area contributed by atoms with Gasteiger partial charge in [-0.15, -0.1) is 0 Å². The van der Waals surface area contributed by atoms with Crippen molar-refractivity contribution < 1.29 is 43.9 Å². The molecule has 7 rings (SSSR count). The van der Waals surface area contributed by atoms with Crippen molar-refractivity contribution in [1.82, 2.24) is 20.2 Å². The molecule has 3 aliphatic heterocycles. The molecule has 17 nitrogen and oxygen atoms in total. The summed E-state index contributed by atoms with van der Waals surface area (Å²) in [6.07, 6.45) is -2.31. The molecule has 0 bridgehead atoms. The smallest absolute Gasteiger partial charge is 0.340 e. The van der Waals surface area contributed by atoms with Crippen LogP contribution in [0, 0.1) is 0 Å². The lowest BCUT2D eigenvalue weighted by Gasteiger charge is -2.31. The van der Waals surface area contributed by atoms with E-state index in [1.165, 1.54) is 4.57 Å². The number of aliphatic hydroxyl groups is 3. The first-order chi connectivity index (χ1) is 27.0. The van der Waals surface area contributed by atoms with Gasteiger partial charge in [0.05, 0.1) is 54.0 Å². The Labute approximate surface area is 325 Å². The SMILES string of the molecule is NCCCC[C@H](NC(=S)Nc1ccc(O[C@H]2OC[C@@H](O)C[C@@H]2O)cc1)C(=O)NCC(=O)Nc1cccc2nc3c(cc12)Cn1c-3cc2c(c1=O)COC(=O)[C@H]2O. The Morgan fingerprint density at radius 1 is 1.07 bits per heavy atom. The molecule has 18 heteroatoms. The van der Waals surface area contributed by atoms with Gasteiger partial charge in [-0.1, -0.05) is 6.07 Å². The Balaban J connectivity index is 0.968. The number of nitrogens with one attached hydrogen (secondary N) is 4. The predicted molar refractivity (Wildman–Crippen MR) is 206 cm³/mol. The number of carbonyl (C=O) groups is 3. The molecule has 56 heavy (non-hydrogen) atoms. The molecule has 3 aliphatic rings. The van der Waals surface area contributed by atoms with Crippen LogP contribution in [0.5, 0.6) is 5.75 Å². The number of rotatable bonds is 12. The van der Waals surface area contributed by atoms with Gasteiger partial charge in [-0.2, -0.15) is 0 Å². The summed E-state index contributed by atoms with van der Waals surface area (Å²) in [5, 5.41) is 42.5. The maximum absolute atomic E-state index is 13.4. The highest BCUT2D eigenvalue weighted by Gasteiger charge is 2.34. The van der Waals surface area contributed by atoms with Crippen LogP contribution in [0.25, 0.3) is 22.3 Å². The van der Waals surface area contributed by atoms with E-state index in [0.29, 0.717) is 70.8 Å². The monoisotopic (exact) mass is 787 g/mol. The molecule has 0 radical (unpaired) electrons. The van der Waals surface area contributed by atoms with Crippen LogP contribution in [0.15, 0.2) is 59.4 Å². The molecule has 1 fully saturated rings. The first-order valence-electron chi connectivity index (χ1n) is 18.1. The van der Waals surface area contributed by atoms with Gasteiger partial charge in [0.15, 0.2) is 11.2 Å². The Kier molecular flexibility index (Phi) is 11.6. The zero-order valence-electron chi connectivity index (χ0n) is 30.0. The lowest BCUT2D eigenvalue weighted by atomic mass is 10.0. The standard InChI is InChI=1S/C38H41N7O10S/c39-11-2-1-4-28(44-38(56)41-20-7-9-22(10-8-20)55-37-30(47)13-21(46)17-54-37)34(50)40-15-31(48)42-26-5-3-6-27-24(26)12-19-16-45-29(32(19)43-27)14-23-25(35(45)51)18-53-36(52)33(23)49/h3,5-10,12,14,21,28,30,33,37,46-47,49H,1-2,4,11,13,15-18,39H2,(H,40,50)(H,42,48)(H2,41,44,56)/t21-,28-,30-,33-,37+/m0/s1. The zero-order valence-corrected chi connectivity index (χ0v) is 30.8. The van der Waals surface area contributed by atoms with Gasteiger partial charge in [0, 0.05) is 28.6 Å². The largest absolute Gasteiger partial charge is 0.462 e. The van der Waals surface area contributed by atoms with Gasteiger partial charge in [-0.3, -0.25) is 14.4 Å². The highest BCUT2D eigenvalue weighted by molar-refractivity contribution is 7.80. The third-order valence-corrected chi connectivity index (χ3v) is 9.95. The van der Waals surface area contributed by atoms with Gasteiger partial charge in [0.2, 0.25) is 18.1 Å². The summed E-state index contributed by atoms with van der Waals surface area (Å²) >= 11 is 5.50. The predicted octanol–water partition coefficient (Wildman–Crippen LogP) is 0.901. The molecule has 1 saturated heterocycles. The number of amides is 2. The quantitative estimate of drug-likeness (QED) is 0.0497. The zero-order chi connectivity index (χ0) is 39.5. The summed E-state index contributed by atoms with van der Waals surface area (Å²) in [4.78, 5) is 56.6. The van der Waals surface area contributed by atoms with Crippen molar-refractivity contribution in [2.45, 2.75) is 69.5 Å². The van der Waals surface area contributed by atoms with Gasteiger partial charge in [0.1, 0.15) is 24.5 Å². The molecule has 0 aliphatic carbocycles. The molecule has 5 atom stereocenters. The van der Waals surface area contributed by atoms with Gasteiger partial charge >= 0.3 is 5.97 Å². The van der Waals surface area contributed by atoms with Gasteiger partial charge in [-0.05, 0) is 86.6 Å². The third kappa shape index (κ3) is 8.35. The van der Waals surface area contributed by atoms with Crippen molar-refractivity contribution >= 4 is 57.4 Å². The number of fused-ring (bicyclic) bond motifs is 5. The molecule has 2 amide bonds. The van der Waals surface area contributed by atoms with Crippen molar-refractivity contribution in [3.63, 3.8) is 0 Å². The highest BCUT2D eigenvalue weighted by Crippen LogP contribution is 2.36. The van der Waals surface area contributed by atoms with E-state index in [1.54, 1.807) is 48.5 Å². The number of aromatic nitrogens is 2. The topological polar surface area (TPSA) is 249 Å². The fraction of sp³-hybridized carbons (Fsp3) is 0.368. The molecule has 0 spiro atoms. The summed E-state index contributed by atoms with van der Waals surface area (Å²) < 4.78 is 17.6. The van der Waals surface area contributed by atoms with Crippen LogP contribution < -0.4 is 37.3 Å². The molecular weight excluding hydrogens is 747 g/mol. The van der Waals surface area contributed by atoms with Gasteiger partial charge < -0.3 is 61.1 Å². The second-order valence-electron chi connectivity index (χ2n) is 13.7. The number of unbranched alkanes of at least 4 members (excludes halogenated alkanes) is 1. The van der Waals surface area contributed by atoms with E-state index >= 15 is 0 Å². The van der Waals surface area contributed by atoms with E-state index in [0.717, 1.165) is 0 Å². The fourth-order valence-corrected chi connectivity index (χ4v) is 7.13. The van der Waals surface area contributed by atoms with E-state index in [1.807, 2.05) is 6.07 Å². The first-order valence-corrected chi connectivity index (χ1v) is 18.5. The summed E-state index contributed by atoms with van der Waals surface area (Å²) in [6, 6.07) is 14.6. The minimum atomic E-state index is -1.56.